The van der Waals surface area contributed by atoms with Crippen LogP contribution in [0.5, 0.6) is 0 Å². The van der Waals surface area contributed by atoms with Gasteiger partial charge in [0.1, 0.15) is 0 Å². The lowest BCUT2D eigenvalue weighted by atomic mass is 10.1. The third kappa shape index (κ3) is 4.66. The molecule has 122 valence electrons. The zero-order chi connectivity index (χ0) is 15.2. The average molecular weight is 298 g/mol. The predicted octanol–water partition coefficient (Wildman–Crippen LogP) is 1.76. The molecule has 2 aliphatic heterocycles. The summed E-state index contributed by atoms with van der Waals surface area (Å²) in [7, 11) is 0. The molecule has 0 aromatic heterocycles. The van der Waals surface area contributed by atoms with Crippen molar-refractivity contribution in [2.75, 3.05) is 26.4 Å². The highest BCUT2D eigenvalue weighted by atomic mass is 16.6. The lowest BCUT2D eigenvalue weighted by Crippen LogP contribution is -2.46. The van der Waals surface area contributed by atoms with Gasteiger partial charge in [0.2, 0.25) is 5.91 Å². The van der Waals surface area contributed by atoms with Crippen LogP contribution in [0.2, 0.25) is 0 Å². The molecule has 1 N–H and O–H groups in total. The number of hydrogen-bond acceptors (Lipinski definition) is 4. The Balaban J connectivity index is 1.96. The van der Waals surface area contributed by atoms with Crippen LogP contribution in [-0.2, 0) is 14.3 Å². The van der Waals surface area contributed by atoms with Gasteiger partial charge >= 0.3 is 0 Å². The Kier molecular flexibility index (Phi) is 6.45. The summed E-state index contributed by atoms with van der Waals surface area (Å²) in [6.07, 6.45) is 4.30. The molecule has 0 saturated carbocycles. The van der Waals surface area contributed by atoms with E-state index >= 15 is 0 Å². The van der Waals surface area contributed by atoms with Gasteiger partial charge in [0.15, 0.2) is 0 Å². The highest BCUT2D eigenvalue weighted by Gasteiger charge is 2.39. The van der Waals surface area contributed by atoms with E-state index in [-0.39, 0.29) is 24.2 Å². The van der Waals surface area contributed by atoms with Gasteiger partial charge in [-0.1, -0.05) is 33.6 Å². The zero-order valence-corrected chi connectivity index (χ0v) is 13.6. The largest absolute Gasteiger partial charge is 0.376 e. The summed E-state index contributed by atoms with van der Waals surface area (Å²) in [5.74, 6) is 0.800. The molecule has 2 aliphatic rings. The van der Waals surface area contributed by atoms with Gasteiger partial charge in [-0.15, -0.1) is 0 Å². The second-order valence-electron chi connectivity index (χ2n) is 6.57. The Morgan fingerprint density at radius 2 is 2.19 bits per heavy atom. The molecule has 0 aromatic carbocycles. The second-order valence-corrected chi connectivity index (χ2v) is 6.57. The van der Waals surface area contributed by atoms with E-state index in [2.05, 4.69) is 26.1 Å². The SMILES string of the molecule is CCCCC1NC(CC(C)C)N(CC2COCCO2)C1=O. The van der Waals surface area contributed by atoms with Crippen LogP contribution in [0.15, 0.2) is 0 Å². The minimum Gasteiger partial charge on any atom is -0.376 e. The Labute approximate surface area is 128 Å². The first-order valence-electron chi connectivity index (χ1n) is 8.37. The van der Waals surface area contributed by atoms with Crippen molar-refractivity contribution in [1.82, 2.24) is 10.2 Å². The van der Waals surface area contributed by atoms with Crippen molar-refractivity contribution in [3.05, 3.63) is 0 Å². The monoisotopic (exact) mass is 298 g/mol. The number of unbranched alkanes of at least 4 members (excludes halogenated alkanes) is 1. The quantitative estimate of drug-likeness (QED) is 0.778. The molecular formula is C16H30N2O3. The van der Waals surface area contributed by atoms with Gasteiger partial charge in [-0.3, -0.25) is 10.1 Å². The van der Waals surface area contributed by atoms with Gasteiger partial charge in [-0.25, -0.2) is 0 Å². The molecule has 2 rings (SSSR count). The number of amides is 1. The summed E-state index contributed by atoms with van der Waals surface area (Å²) in [4.78, 5) is 14.6. The molecule has 5 heteroatoms. The van der Waals surface area contributed by atoms with Crippen LogP contribution in [0.4, 0.5) is 0 Å². The summed E-state index contributed by atoms with van der Waals surface area (Å²) in [5.41, 5.74) is 0. The minimum absolute atomic E-state index is 0.0155. The molecule has 3 atom stereocenters. The molecule has 0 aromatic rings. The van der Waals surface area contributed by atoms with Crippen LogP contribution < -0.4 is 5.32 Å². The van der Waals surface area contributed by atoms with Crippen molar-refractivity contribution in [3.8, 4) is 0 Å². The van der Waals surface area contributed by atoms with Gasteiger partial charge in [-0.05, 0) is 18.8 Å². The number of ether oxygens (including phenoxy) is 2. The van der Waals surface area contributed by atoms with Crippen LogP contribution in [-0.4, -0.2) is 55.5 Å². The molecule has 0 radical (unpaired) electrons. The summed E-state index contributed by atoms with van der Waals surface area (Å²) in [5, 5.41) is 3.53. The molecule has 0 spiro atoms. The molecule has 1 amide bonds. The van der Waals surface area contributed by atoms with E-state index < -0.39 is 0 Å². The molecule has 2 heterocycles. The fourth-order valence-electron chi connectivity index (χ4n) is 3.08. The topological polar surface area (TPSA) is 50.8 Å². The van der Waals surface area contributed by atoms with E-state index in [1.165, 1.54) is 0 Å². The van der Waals surface area contributed by atoms with Gasteiger partial charge in [0, 0.05) is 0 Å². The molecule has 21 heavy (non-hydrogen) atoms. The first-order valence-corrected chi connectivity index (χ1v) is 8.37. The van der Waals surface area contributed by atoms with Gasteiger partial charge in [0.25, 0.3) is 0 Å². The summed E-state index contributed by atoms with van der Waals surface area (Å²) in [6.45, 7) is 9.10. The van der Waals surface area contributed by atoms with Gasteiger partial charge in [-0.2, -0.15) is 0 Å². The standard InChI is InChI=1S/C16H30N2O3/c1-4-5-6-14-16(19)18(15(17-14)9-12(2)3)10-13-11-20-7-8-21-13/h12-15,17H,4-11H2,1-3H3. The van der Waals surface area contributed by atoms with E-state index in [4.69, 9.17) is 9.47 Å². The number of carbonyl (C=O) groups is 1. The maximum absolute atomic E-state index is 12.6. The van der Waals surface area contributed by atoms with Crippen molar-refractivity contribution >= 4 is 5.91 Å². The number of nitrogens with zero attached hydrogens (tertiary/aromatic N) is 1. The Morgan fingerprint density at radius 1 is 1.38 bits per heavy atom. The second kappa shape index (κ2) is 8.11. The lowest BCUT2D eigenvalue weighted by Gasteiger charge is -2.31. The first kappa shape index (κ1) is 16.7. The van der Waals surface area contributed by atoms with Crippen molar-refractivity contribution in [3.63, 3.8) is 0 Å². The Hall–Kier alpha value is -0.650. The first-order chi connectivity index (χ1) is 10.1. The third-order valence-electron chi connectivity index (χ3n) is 4.18. The van der Waals surface area contributed by atoms with Crippen molar-refractivity contribution in [1.29, 1.82) is 0 Å². The summed E-state index contributed by atoms with van der Waals surface area (Å²) < 4.78 is 11.2. The van der Waals surface area contributed by atoms with E-state index in [0.29, 0.717) is 32.3 Å². The normalized spacial score (nSPS) is 30.4. The van der Waals surface area contributed by atoms with Gasteiger partial charge < -0.3 is 14.4 Å². The number of carbonyl (C=O) groups excluding carboxylic acids is 1. The molecule has 5 nitrogen and oxygen atoms in total. The molecule has 3 unspecified atom stereocenters. The molecule has 0 aliphatic carbocycles. The zero-order valence-electron chi connectivity index (χ0n) is 13.6. The molecule has 2 saturated heterocycles. The Bertz CT molecular complexity index is 329. The predicted molar refractivity (Wildman–Crippen MR) is 82.0 cm³/mol. The highest BCUT2D eigenvalue weighted by Crippen LogP contribution is 2.21. The van der Waals surface area contributed by atoms with E-state index in [1.807, 2.05) is 4.90 Å². The van der Waals surface area contributed by atoms with Crippen LogP contribution >= 0.6 is 0 Å². The molecule has 2 fully saturated rings. The number of rotatable bonds is 7. The maximum Gasteiger partial charge on any atom is 0.241 e. The van der Waals surface area contributed by atoms with Crippen LogP contribution in [0, 0.1) is 5.92 Å². The highest BCUT2D eigenvalue weighted by molar-refractivity contribution is 5.84. The van der Waals surface area contributed by atoms with Gasteiger partial charge in [0.05, 0.1) is 44.7 Å². The smallest absolute Gasteiger partial charge is 0.241 e. The fourth-order valence-corrected chi connectivity index (χ4v) is 3.08. The summed E-state index contributed by atoms with van der Waals surface area (Å²) >= 11 is 0. The van der Waals surface area contributed by atoms with Crippen LogP contribution in [0.3, 0.4) is 0 Å². The number of hydrogen-bond donors (Lipinski definition) is 1. The van der Waals surface area contributed by atoms with Crippen molar-refractivity contribution in [2.45, 2.75) is 64.8 Å². The summed E-state index contributed by atoms with van der Waals surface area (Å²) in [6, 6.07) is -0.0155. The van der Waals surface area contributed by atoms with Crippen molar-refractivity contribution in [2.24, 2.45) is 5.92 Å². The third-order valence-corrected chi connectivity index (χ3v) is 4.18. The molecule has 0 bridgehead atoms. The maximum atomic E-state index is 12.6. The molecular weight excluding hydrogens is 268 g/mol. The van der Waals surface area contributed by atoms with Crippen molar-refractivity contribution < 1.29 is 14.3 Å². The van der Waals surface area contributed by atoms with Crippen LogP contribution in [0.25, 0.3) is 0 Å². The van der Waals surface area contributed by atoms with Crippen LogP contribution in [0.1, 0.15) is 46.5 Å². The van der Waals surface area contributed by atoms with E-state index in [9.17, 15) is 4.79 Å². The number of nitrogens with one attached hydrogen (secondary N) is 1. The Morgan fingerprint density at radius 3 is 2.81 bits per heavy atom. The minimum atomic E-state index is -0.0155. The fraction of sp³-hybridized carbons (Fsp3) is 0.938. The van der Waals surface area contributed by atoms with E-state index in [0.717, 1.165) is 25.7 Å². The average Bonchev–Trinajstić information content (AvgIpc) is 2.74. The lowest BCUT2D eigenvalue weighted by molar-refractivity contribution is -0.137. The van der Waals surface area contributed by atoms with E-state index in [1.54, 1.807) is 0 Å².